The van der Waals surface area contributed by atoms with E-state index in [2.05, 4.69) is 10.3 Å². The molecule has 120 valence electrons. The van der Waals surface area contributed by atoms with Crippen LogP contribution in [0.15, 0.2) is 24.3 Å². The van der Waals surface area contributed by atoms with E-state index in [0.29, 0.717) is 11.3 Å². The molecule has 2 aromatic rings. The third-order valence-electron chi connectivity index (χ3n) is 3.35. The number of carbonyl (C=O) groups excluding carboxylic acids is 3. The van der Waals surface area contributed by atoms with Crippen LogP contribution in [-0.2, 0) is 9.53 Å². The molecule has 3 amide bonds. The van der Waals surface area contributed by atoms with Crippen LogP contribution in [0.3, 0.4) is 0 Å². The number of amides is 3. The lowest BCUT2D eigenvalue weighted by Crippen LogP contribution is -2.39. The molecule has 1 heterocycles. The molecule has 23 heavy (non-hydrogen) atoms. The Morgan fingerprint density at radius 2 is 1.87 bits per heavy atom. The Kier molecular flexibility index (Phi) is 4.90. The number of aryl methyl sites for hydroxylation is 2. The van der Waals surface area contributed by atoms with Crippen molar-refractivity contribution in [1.82, 2.24) is 15.6 Å². The van der Waals surface area contributed by atoms with Crippen LogP contribution in [-0.4, -0.2) is 36.5 Å². The monoisotopic (exact) mass is 315 g/mol. The number of para-hydroxylation sites is 1. The normalized spacial score (nSPS) is 10.2. The Labute approximate surface area is 133 Å². The molecule has 0 aliphatic carbocycles. The molecule has 0 aliphatic heterocycles. The number of esters is 1. The minimum Gasteiger partial charge on any atom is -0.452 e. The smallest absolute Gasteiger partial charge is 0.340 e. The molecule has 1 aromatic carbocycles. The number of rotatable bonds is 3. The summed E-state index contributed by atoms with van der Waals surface area (Å²) in [5.41, 5.74) is 2.38. The van der Waals surface area contributed by atoms with E-state index in [9.17, 15) is 14.4 Å². The number of urea groups is 1. The van der Waals surface area contributed by atoms with E-state index in [1.807, 2.05) is 29.6 Å². The first-order valence-corrected chi connectivity index (χ1v) is 6.98. The minimum atomic E-state index is -0.707. The van der Waals surface area contributed by atoms with Gasteiger partial charge in [0.15, 0.2) is 6.61 Å². The number of hydrogen-bond donors (Lipinski definition) is 2. The zero-order valence-electron chi connectivity index (χ0n) is 13.1. The average Bonchev–Trinajstić information content (AvgIpc) is 2.52. The Bertz CT molecular complexity index is 786. The van der Waals surface area contributed by atoms with Gasteiger partial charge in [0.1, 0.15) is 0 Å². The van der Waals surface area contributed by atoms with Gasteiger partial charge < -0.3 is 10.1 Å². The largest absolute Gasteiger partial charge is 0.452 e. The molecular formula is C16H17N3O4. The Morgan fingerprint density at radius 3 is 2.57 bits per heavy atom. The van der Waals surface area contributed by atoms with Crippen molar-refractivity contribution in [3.05, 3.63) is 41.1 Å². The fourth-order valence-electron chi connectivity index (χ4n) is 2.26. The van der Waals surface area contributed by atoms with E-state index in [1.54, 1.807) is 13.8 Å². The number of hydrogen-bond acceptors (Lipinski definition) is 5. The zero-order valence-corrected chi connectivity index (χ0v) is 13.1. The molecule has 7 heteroatoms. The molecule has 0 aliphatic rings. The maximum atomic E-state index is 12.2. The summed E-state index contributed by atoms with van der Waals surface area (Å²) in [6.07, 6.45) is 0. The highest BCUT2D eigenvalue weighted by atomic mass is 16.5. The molecule has 0 bridgehead atoms. The molecule has 0 unspecified atom stereocenters. The summed E-state index contributed by atoms with van der Waals surface area (Å²) in [6.45, 7) is 2.97. The fraction of sp³-hybridized carbons (Fsp3) is 0.250. The molecule has 7 nitrogen and oxygen atoms in total. The second-order valence-electron chi connectivity index (χ2n) is 4.92. The number of nitrogens with zero attached hydrogens (tertiary/aromatic N) is 1. The molecule has 0 fully saturated rings. The zero-order chi connectivity index (χ0) is 17.0. The van der Waals surface area contributed by atoms with Crippen molar-refractivity contribution in [2.75, 3.05) is 13.7 Å². The van der Waals surface area contributed by atoms with Gasteiger partial charge in [-0.15, -0.1) is 0 Å². The van der Waals surface area contributed by atoms with Crippen LogP contribution < -0.4 is 10.6 Å². The molecule has 0 spiro atoms. The average molecular weight is 315 g/mol. The van der Waals surface area contributed by atoms with Crippen molar-refractivity contribution in [2.45, 2.75) is 13.8 Å². The Balaban J connectivity index is 2.18. The van der Waals surface area contributed by atoms with Crippen molar-refractivity contribution in [3.63, 3.8) is 0 Å². The van der Waals surface area contributed by atoms with Crippen molar-refractivity contribution in [3.8, 4) is 0 Å². The van der Waals surface area contributed by atoms with Crippen molar-refractivity contribution >= 4 is 28.8 Å². The SMILES string of the molecule is CNC(=O)NC(=O)COC(=O)c1c(C)nc2ccccc2c1C. The van der Waals surface area contributed by atoms with Crippen LogP contribution in [0.2, 0.25) is 0 Å². The Hall–Kier alpha value is -2.96. The number of carbonyl (C=O) groups is 3. The number of pyridine rings is 1. The second kappa shape index (κ2) is 6.87. The van der Waals surface area contributed by atoms with Gasteiger partial charge in [-0.1, -0.05) is 18.2 Å². The van der Waals surface area contributed by atoms with Gasteiger partial charge in [0, 0.05) is 12.4 Å². The molecule has 2 N–H and O–H groups in total. The van der Waals surface area contributed by atoms with Gasteiger partial charge in [-0.25, -0.2) is 9.59 Å². The third-order valence-corrected chi connectivity index (χ3v) is 3.35. The van der Waals surface area contributed by atoms with Crippen LogP contribution in [0.5, 0.6) is 0 Å². The molecule has 0 saturated heterocycles. The van der Waals surface area contributed by atoms with Crippen LogP contribution in [0.25, 0.3) is 10.9 Å². The van der Waals surface area contributed by atoms with Gasteiger partial charge >= 0.3 is 12.0 Å². The van der Waals surface area contributed by atoms with E-state index < -0.39 is 24.5 Å². The summed E-state index contributed by atoms with van der Waals surface area (Å²) in [4.78, 5) is 39.1. The van der Waals surface area contributed by atoms with E-state index in [0.717, 1.165) is 16.5 Å². The lowest BCUT2D eigenvalue weighted by molar-refractivity contribution is -0.123. The number of benzene rings is 1. The molecule has 0 radical (unpaired) electrons. The maximum absolute atomic E-state index is 12.2. The van der Waals surface area contributed by atoms with Crippen molar-refractivity contribution in [1.29, 1.82) is 0 Å². The molecule has 2 rings (SSSR count). The summed E-state index contributed by atoms with van der Waals surface area (Å²) in [6, 6.07) is 6.80. The predicted octanol–water partition coefficient (Wildman–Crippen LogP) is 1.46. The highest BCUT2D eigenvalue weighted by Crippen LogP contribution is 2.23. The van der Waals surface area contributed by atoms with E-state index >= 15 is 0 Å². The lowest BCUT2D eigenvalue weighted by atomic mass is 10.0. The molecule has 1 aromatic heterocycles. The quantitative estimate of drug-likeness (QED) is 0.836. The first-order valence-electron chi connectivity index (χ1n) is 6.98. The maximum Gasteiger partial charge on any atom is 0.340 e. The number of fused-ring (bicyclic) bond motifs is 1. The highest BCUT2D eigenvalue weighted by Gasteiger charge is 2.19. The van der Waals surface area contributed by atoms with Crippen LogP contribution in [0, 0.1) is 13.8 Å². The van der Waals surface area contributed by atoms with Crippen molar-refractivity contribution in [2.24, 2.45) is 0 Å². The summed E-state index contributed by atoms with van der Waals surface area (Å²) >= 11 is 0. The summed E-state index contributed by atoms with van der Waals surface area (Å²) < 4.78 is 4.97. The summed E-state index contributed by atoms with van der Waals surface area (Å²) in [5.74, 6) is -1.35. The third kappa shape index (κ3) is 3.63. The number of nitrogens with one attached hydrogen (secondary N) is 2. The summed E-state index contributed by atoms with van der Waals surface area (Å²) in [5, 5.41) is 5.09. The Morgan fingerprint density at radius 1 is 1.17 bits per heavy atom. The first kappa shape index (κ1) is 16.4. The van der Waals surface area contributed by atoms with Crippen molar-refractivity contribution < 1.29 is 19.1 Å². The van der Waals surface area contributed by atoms with Crippen LogP contribution in [0.4, 0.5) is 4.79 Å². The second-order valence-corrected chi connectivity index (χ2v) is 4.92. The van der Waals surface area contributed by atoms with Crippen LogP contribution in [0.1, 0.15) is 21.6 Å². The number of imide groups is 1. The van der Waals surface area contributed by atoms with Gasteiger partial charge in [-0.05, 0) is 25.5 Å². The standard InChI is InChI=1S/C16H17N3O4/c1-9-11-6-4-5-7-12(11)18-10(2)14(9)15(21)23-8-13(20)19-16(22)17-3/h4-7H,8H2,1-3H3,(H2,17,19,20,22). The van der Waals surface area contributed by atoms with Gasteiger partial charge in [0.25, 0.3) is 5.91 Å². The molecular weight excluding hydrogens is 298 g/mol. The number of ether oxygens (including phenoxy) is 1. The highest BCUT2D eigenvalue weighted by molar-refractivity contribution is 6.00. The van der Waals surface area contributed by atoms with E-state index in [1.165, 1.54) is 7.05 Å². The van der Waals surface area contributed by atoms with Crippen LogP contribution >= 0.6 is 0 Å². The molecule has 0 saturated carbocycles. The molecule has 0 atom stereocenters. The predicted molar refractivity (Wildman–Crippen MR) is 84.1 cm³/mol. The van der Waals surface area contributed by atoms with Gasteiger partial charge in [0.05, 0.1) is 16.8 Å². The minimum absolute atomic E-state index is 0.330. The van der Waals surface area contributed by atoms with Gasteiger partial charge in [-0.2, -0.15) is 0 Å². The first-order chi connectivity index (χ1) is 10.9. The van der Waals surface area contributed by atoms with Gasteiger partial charge in [0.2, 0.25) is 0 Å². The topological polar surface area (TPSA) is 97.4 Å². The van der Waals surface area contributed by atoms with E-state index in [-0.39, 0.29) is 0 Å². The fourth-order valence-corrected chi connectivity index (χ4v) is 2.26. The lowest BCUT2D eigenvalue weighted by Gasteiger charge is -2.12. The van der Waals surface area contributed by atoms with Gasteiger partial charge in [-0.3, -0.25) is 15.1 Å². The number of aromatic nitrogens is 1. The summed E-state index contributed by atoms with van der Waals surface area (Å²) in [7, 11) is 1.38. The van der Waals surface area contributed by atoms with E-state index in [4.69, 9.17) is 4.74 Å².